The van der Waals surface area contributed by atoms with E-state index in [1.807, 2.05) is 18.2 Å². The van der Waals surface area contributed by atoms with Gasteiger partial charge in [-0.3, -0.25) is 9.59 Å². The summed E-state index contributed by atoms with van der Waals surface area (Å²) in [6.07, 6.45) is 8.44. The lowest BCUT2D eigenvalue weighted by atomic mass is 9.33. The molecule has 4 heteroatoms. The Bertz CT molecular complexity index is 1260. The van der Waals surface area contributed by atoms with Gasteiger partial charge in [-0.1, -0.05) is 78.8 Å². The number of hydrogen-bond acceptors (Lipinski definition) is 3. The molecule has 0 aromatic heterocycles. The maximum absolute atomic E-state index is 14.2. The zero-order valence-corrected chi connectivity index (χ0v) is 26.6. The fourth-order valence-electron chi connectivity index (χ4n) is 11.8. The number of fused-ring (bicyclic) bond motifs is 7. The highest BCUT2D eigenvalue weighted by Crippen LogP contribution is 2.76. The van der Waals surface area contributed by atoms with Crippen LogP contribution in [0.3, 0.4) is 0 Å². The van der Waals surface area contributed by atoms with Crippen LogP contribution >= 0.6 is 0 Å². The first-order chi connectivity index (χ1) is 19.2. The molecule has 5 aliphatic carbocycles. The van der Waals surface area contributed by atoms with Gasteiger partial charge in [-0.2, -0.15) is 0 Å². The smallest absolute Gasteiger partial charge is 0.231 e. The van der Waals surface area contributed by atoms with Crippen LogP contribution in [0.4, 0.5) is 0 Å². The average molecular weight is 560 g/mol. The molecular formula is C37H53NO3. The zero-order chi connectivity index (χ0) is 29.6. The molecule has 0 aliphatic heterocycles. The van der Waals surface area contributed by atoms with Crippen LogP contribution in [0.5, 0.6) is 0 Å². The van der Waals surface area contributed by atoms with Gasteiger partial charge in [0.05, 0.1) is 11.5 Å². The predicted octanol–water partition coefficient (Wildman–Crippen LogP) is 7.64. The van der Waals surface area contributed by atoms with Crippen molar-refractivity contribution in [2.75, 3.05) is 0 Å². The second kappa shape index (κ2) is 9.53. The van der Waals surface area contributed by atoms with E-state index in [-0.39, 0.29) is 51.3 Å². The van der Waals surface area contributed by atoms with Crippen LogP contribution in [0.15, 0.2) is 41.5 Å². The fraction of sp³-hybridized carbons (Fsp3) is 0.730. The minimum atomic E-state index is -0.698. The number of rotatable bonds is 4. The van der Waals surface area contributed by atoms with Crippen molar-refractivity contribution in [1.29, 1.82) is 0 Å². The molecule has 4 saturated carbocycles. The number of nitrogens with one attached hydrogen (secondary N) is 1. The lowest BCUT2D eigenvalue weighted by Crippen LogP contribution is -2.66. The highest BCUT2D eigenvalue weighted by molar-refractivity contribution is 6.06. The fourth-order valence-corrected chi connectivity index (χ4v) is 11.8. The molecule has 4 nitrogen and oxygen atoms in total. The summed E-state index contributed by atoms with van der Waals surface area (Å²) < 4.78 is 0. The number of allylic oxidation sites excluding steroid dienone is 1. The summed E-state index contributed by atoms with van der Waals surface area (Å²) in [5.74, 6) is 1.80. The van der Waals surface area contributed by atoms with Crippen LogP contribution in [0.25, 0.3) is 0 Å². The van der Waals surface area contributed by atoms with Crippen molar-refractivity contribution in [2.45, 2.75) is 119 Å². The predicted molar refractivity (Wildman–Crippen MR) is 164 cm³/mol. The van der Waals surface area contributed by atoms with Crippen LogP contribution in [0.2, 0.25) is 0 Å². The van der Waals surface area contributed by atoms with Crippen molar-refractivity contribution in [2.24, 2.45) is 50.7 Å². The zero-order valence-electron chi connectivity index (χ0n) is 26.6. The van der Waals surface area contributed by atoms with Crippen molar-refractivity contribution < 1.29 is 14.7 Å². The van der Waals surface area contributed by atoms with Crippen molar-refractivity contribution in [3.63, 3.8) is 0 Å². The normalized spacial score (nSPS) is 43.2. The molecule has 6 rings (SSSR count). The molecule has 0 saturated heterocycles. The third kappa shape index (κ3) is 3.87. The Labute approximate surface area is 248 Å². The third-order valence-corrected chi connectivity index (χ3v) is 14.1. The molecular weight excluding hydrogens is 506 g/mol. The second-order valence-electron chi connectivity index (χ2n) is 16.3. The summed E-state index contributed by atoms with van der Waals surface area (Å²) >= 11 is 0. The molecule has 41 heavy (non-hydrogen) atoms. The van der Waals surface area contributed by atoms with Gasteiger partial charge >= 0.3 is 0 Å². The van der Waals surface area contributed by atoms with Gasteiger partial charge < -0.3 is 10.4 Å². The molecule has 0 heterocycles. The van der Waals surface area contributed by atoms with Crippen LogP contribution in [0.1, 0.15) is 112 Å². The van der Waals surface area contributed by atoms with Gasteiger partial charge in [0.1, 0.15) is 0 Å². The summed E-state index contributed by atoms with van der Waals surface area (Å²) in [6.45, 7) is 17.1. The first-order valence-electron chi connectivity index (χ1n) is 16.5. The van der Waals surface area contributed by atoms with E-state index >= 15 is 0 Å². The van der Waals surface area contributed by atoms with Gasteiger partial charge in [0, 0.05) is 13.0 Å². The SMILES string of the molecule is CC(C)C1=C2[C@H]3CC[C@@H]4[C@@]5(C)CCC(O)C(C)(C)[C@@H]5CC[C@@]4(C)[C@]3(C)CC[C@@]2(C(=O)NCc2ccccc2)CC1=O. The third-order valence-electron chi connectivity index (χ3n) is 14.1. The first-order valence-corrected chi connectivity index (χ1v) is 16.5. The standard InChI is InChI=1S/C37H53NO3/c1-23(2)30-26(39)21-37(32(41)38-22-24-11-9-8-10-12-24)20-19-35(6)25(31(30)37)13-14-28-34(5)17-16-29(40)33(3,4)27(34)15-18-36(28,35)7/h8-12,23,25,27-29,40H,13-22H2,1-7H3,(H,38,41)/t25-,27+,28-,29?,34+,35-,36-,37-/m1/s1. The highest BCUT2D eigenvalue weighted by atomic mass is 16.3. The molecule has 8 atom stereocenters. The average Bonchev–Trinajstić information content (AvgIpc) is 3.24. The van der Waals surface area contributed by atoms with Gasteiger partial charge in [-0.05, 0) is 113 Å². The lowest BCUT2D eigenvalue weighted by Gasteiger charge is -2.72. The molecule has 1 unspecified atom stereocenters. The minimum absolute atomic E-state index is 0.0490. The number of ketones is 1. The van der Waals surface area contributed by atoms with Gasteiger partial charge in [-0.15, -0.1) is 0 Å². The molecule has 0 spiro atoms. The lowest BCUT2D eigenvalue weighted by molar-refractivity contribution is -0.228. The molecule has 1 amide bonds. The maximum Gasteiger partial charge on any atom is 0.231 e. The van der Waals surface area contributed by atoms with Crippen LogP contribution < -0.4 is 5.32 Å². The molecule has 0 bridgehead atoms. The summed E-state index contributed by atoms with van der Waals surface area (Å²) in [7, 11) is 0. The number of benzene rings is 1. The van der Waals surface area contributed by atoms with Crippen LogP contribution in [-0.2, 0) is 16.1 Å². The Hall–Kier alpha value is -1.94. The Kier molecular flexibility index (Phi) is 6.77. The molecule has 2 N–H and O–H groups in total. The summed E-state index contributed by atoms with van der Waals surface area (Å²) in [5.41, 5.74) is 2.94. The van der Waals surface area contributed by atoms with E-state index in [4.69, 9.17) is 0 Å². The first kappa shape index (κ1) is 29.1. The Balaban J connectivity index is 1.38. The van der Waals surface area contributed by atoms with E-state index in [9.17, 15) is 14.7 Å². The number of Topliss-reactive ketones (excluding diaryl/α,β-unsaturated/α-hetero) is 1. The topological polar surface area (TPSA) is 66.4 Å². The van der Waals surface area contributed by atoms with Gasteiger partial charge in [-0.25, -0.2) is 0 Å². The molecule has 1 aromatic rings. The number of amides is 1. The Morgan fingerprint density at radius 1 is 0.902 bits per heavy atom. The molecule has 1 aromatic carbocycles. The number of hydrogen-bond donors (Lipinski definition) is 2. The molecule has 4 fully saturated rings. The van der Waals surface area contributed by atoms with Gasteiger partial charge in [0.2, 0.25) is 5.91 Å². The maximum atomic E-state index is 14.2. The number of aliphatic hydroxyl groups is 1. The van der Waals surface area contributed by atoms with Gasteiger partial charge in [0.25, 0.3) is 0 Å². The number of aliphatic hydroxyl groups excluding tert-OH is 1. The van der Waals surface area contributed by atoms with Crippen molar-refractivity contribution >= 4 is 11.7 Å². The minimum Gasteiger partial charge on any atom is -0.393 e. The van der Waals surface area contributed by atoms with Crippen LogP contribution in [-0.4, -0.2) is 22.9 Å². The highest BCUT2D eigenvalue weighted by Gasteiger charge is 2.70. The summed E-state index contributed by atoms with van der Waals surface area (Å²) in [4.78, 5) is 28.0. The molecule has 224 valence electrons. The van der Waals surface area contributed by atoms with Gasteiger partial charge in [0.15, 0.2) is 5.78 Å². The summed E-state index contributed by atoms with van der Waals surface area (Å²) in [6, 6.07) is 10.1. The van der Waals surface area contributed by atoms with Crippen LogP contribution in [0, 0.1) is 50.7 Å². The van der Waals surface area contributed by atoms with E-state index in [2.05, 4.69) is 65.9 Å². The summed E-state index contributed by atoms with van der Waals surface area (Å²) in [5, 5.41) is 14.3. The molecule has 5 aliphatic rings. The monoisotopic (exact) mass is 559 g/mol. The quantitative estimate of drug-likeness (QED) is 0.398. The second-order valence-corrected chi connectivity index (χ2v) is 16.3. The van der Waals surface area contributed by atoms with E-state index in [0.29, 0.717) is 24.8 Å². The van der Waals surface area contributed by atoms with E-state index in [1.165, 1.54) is 12.0 Å². The van der Waals surface area contributed by atoms with E-state index in [1.54, 1.807) is 0 Å². The molecule has 0 radical (unpaired) electrons. The van der Waals surface area contributed by atoms with Crippen molar-refractivity contribution in [3.8, 4) is 0 Å². The number of carbonyl (C=O) groups is 2. The number of carbonyl (C=O) groups excluding carboxylic acids is 2. The van der Waals surface area contributed by atoms with E-state index in [0.717, 1.165) is 56.1 Å². The largest absolute Gasteiger partial charge is 0.393 e. The Morgan fingerprint density at radius 3 is 2.29 bits per heavy atom. The van der Waals surface area contributed by atoms with Crippen molar-refractivity contribution in [3.05, 3.63) is 47.0 Å². The Morgan fingerprint density at radius 2 is 1.61 bits per heavy atom. The van der Waals surface area contributed by atoms with E-state index < -0.39 is 5.41 Å². The van der Waals surface area contributed by atoms with Crippen molar-refractivity contribution in [1.82, 2.24) is 5.32 Å².